The predicted molar refractivity (Wildman–Crippen MR) is 138 cm³/mol. The normalized spacial score (nSPS) is 22.6. The van der Waals surface area contributed by atoms with E-state index >= 15 is 0 Å². The van der Waals surface area contributed by atoms with Crippen LogP contribution in [-0.4, -0.2) is 24.8 Å². The van der Waals surface area contributed by atoms with Gasteiger partial charge in [-0.2, -0.15) is 0 Å². The van der Waals surface area contributed by atoms with Crippen molar-refractivity contribution in [2.75, 3.05) is 17.3 Å². The van der Waals surface area contributed by atoms with Gasteiger partial charge < -0.3 is 15.8 Å². The first kappa shape index (κ1) is 23.9. The van der Waals surface area contributed by atoms with Crippen LogP contribution in [0.1, 0.15) is 48.9 Å². The molecule has 7 nitrogen and oxygen atoms in total. The summed E-state index contributed by atoms with van der Waals surface area (Å²) >= 11 is 0. The Balaban J connectivity index is 1.95. The third-order valence-corrected chi connectivity index (χ3v) is 7.52. The van der Waals surface area contributed by atoms with E-state index in [1.807, 2.05) is 65.0 Å². The molecular weight excluding hydrogens is 454 g/mol. The van der Waals surface area contributed by atoms with Gasteiger partial charge >= 0.3 is 5.97 Å². The van der Waals surface area contributed by atoms with Crippen molar-refractivity contribution in [1.82, 2.24) is 0 Å². The van der Waals surface area contributed by atoms with Gasteiger partial charge in [-0.25, -0.2) is 4.79 Å². The molecular formula is C29H31N3O4. The summed E-state index contributed by atoms with van der Waals surface area (Å²) in [4.78, 5) is 43.3. The Morgan fingerprint density at radius 3 is 2.36 bits per heavy atom. The molecule has 1 unspecified atom stereocenters. The van der Waals surface area contributed by atoms with Crippen molar-refractivity contribution in [3.05, 3.63) is 81.3 Å². The Morgan fingerprint density at radius 1 is 1.03 bits per heavy atom. The van der Waals surface area contributed by atoms with Gasteiger partial charge in [0.2, 0.25) is 5.91 Å². The number of aryl methyl sites for hydroxylation is 3. The zero-order valence-corrected chi connectivity index (χ0v) is 21.5. The Hall–Kier alpha value is -3.87. The van der Waals surface area contributed by atoms with Crippen molar-refractivity contribution in [2.45, 2.75) is 52.9 Å². The summed E-state index contributed by atoms with van der Waals surface area (Å²) in [5.74, 6) is -1.28. The van der Waals surface area contributed by atoms with Gasteiger partial charge in [-0.1, -0.05) is 49.2 Å². The molecule has 0 saturated carbocycles. The van der Waals surface area contributed by atoms with Crippen LogP contribution in [0.25, 0.3) is 0 Å². The molecule has 36 heavy (non-hydrogen) atoms. The number of amides is 1. The first-order valence-corrected chi connectivity index (χ1v) is 12.1. The van der Waals surface area contributed by atoms with Crippen molar-refractivity contribution < 1.29 is 19.1 Å². The third kappa shape index (κ3) is 3.15. The Labute approximate surface area is 211 Å². The van der Waals surface area contributed by atoms with E-state index in [0.717, 1.165) is 22.4 Å². The number of nitrogens with two attached hydrogens (primary N) is 1. The zero-order chi connectivity index (χ0) is 26.2. The molecule has 0 fully saturated rings. The average molecular weight is 486 g/mol. The van der Waals surface area contributed by atoms with Gasteiger partial charge in [0.15, 0.2) is 5.78 Å². The van der Waals surface area contributed by atoms with E-state index in [0.29, 0.717) is 28.9 Å². The van der Waals surface area contributed by atoms with Gasteiger partial charge in [-0.3, -0.25) is 14.5 Å². The lowest BCUT2D eigenvalue weighted by molar-refractivity contribution is -0.138. The Kier molecular flexibility index (Phi) is 5.18. The number of ketones is 1. The largest absolute Gasteiger partial charge is 0.466 e. The number of benzene rings is 2. The minimum absolute atomic E-state index is 0.0290. The number of fused-ring (bicyclic) bond motifs is 3. The number of rotatable bonds is 2. The van der Waals surface area contributed by atoms with E-state index < -0.39 is 17.3 Å². The minimum atomic E-state index is -1.68. The van der Waals surface area contributed by atoms with E-state index in [1.165, 1.54) is 7.11 Å². The molecule has 0 aromatic heterocycles. The number of hydrogen-bond donors (Lipinski definition) is 2. The molecule has 1 amide bonds. The maximum atomic E-state index is 14.0. The maximum Gasteiger partial charge on any atom is 0.339 e. The molecule has 3 aliphatic rings. The van der Waals surface area contributed by atoms with Crippen LogP contribution in [0.5, 0.6) is 0 Å². The van der Waals surface area contributed by atoms with Gasteiger partial charge in [-0.15, -0.1) is 0 Å². The van der Waals surface area contributed by atoms with Crippen molar-refractivity contribution in [3.8, 4) is 0 Å². The van der Waals surface area contributed by atoms with E-state index in [4.69, 9.17) is 10.5 Å². The lowest BCUT2D eigenvalue weighted by Gasteiger charge is -2.47. The van der Waals surface area contributed by atoms with E-state index in [2.05, 4.69) is 5.32 Å². The number of allylic oxidation sites excluding steroid dienone is 1. The number of nitrogens with zero attached hydrogens (tertiary/aromatic N) is 1. The standard InChI is InChI=1S/C29H31N3O4/c1-15-8-10-20(17(3)11-15)32-21-13-28(4,5)14-22(33)23(21)29(24(25(32)30)26(34)36-6)18-12-16(2)7-9-19(18)31-27(29)35/h7-12H,13-14,30H2,1-6H3,(H,31,35). The maximum absolute atomic E-state index is 14.0. The quantitative estimate of drug-likeness (QED) is 0.615. The summed E-state index contributed by atoms with van der Waals surface area (Å²) < 4.78 is 5.21. The van der Waals surface area contributed by atoms with Crippen LogP contribution in [0.4, 0.5) is 11.4 Å². The van der Waals surface area contributed by atoms with Gasteiger partial charge in [-0.05, 0) is 50.3 Å². The van der Waals surface area contributed by atoms with Crippen LogP contribution < -0.4 is 16.0 Å². The summed E-state index contributed by atoms with van der Waals surface area (Å²) in [6, 6.07) is 11.5. The number of anilines is 2. The fraction of sp³-hybridized carbons (Fsp3) is 0.345. The number of methoxy groups -OCH3 is 1. The van der Waals surface area contributed by atoms with Crippen molar-refractivity contribution in [3.63, 3.8) is 0 Å². The fourth-order valence-corrected chi connectivity index (χ4v) is 6.08. The van der Waals surface area contributed by atoms with Crippen LogP contribution >= 0.6 is 0 Å². The van der Waals surface area contributed by atoms with Gasteiger partial charge in [0.05, 0.1) is 12.8 Å². The van der Waals surface area contributed by atoms with E-state index in [1.54, 1.807) is 11.0 Å². The fourth-order valence-electron chi connectivity index (χ4n) is 6.08. The molecule has 5 rings (SSSR count). The number of hydrogen-bond acceptors (Lipinski definition) is 6. The van der Waals surface area contributed by atoms with Gasteiger partial charge in [0.25, 0.3) is 0 Å². The molecule has 3 N–H and O–H groups in total. The summed E-state index contributed by atoms with van der Waals surface area (Å²) in [5.41, 5.74) is 10.5. The number of esters is 1. The highest BCUT2D eigenvalue weighted by Crippen LogP contribution is 2.57. The molecule has 2 aromatic rings. The molecule has 1 atom stereocenters. The highest BCUT2D eigenvalue weighted by molar-refractivity contribution is 6.23. The molecule has 2 heterocycles. The van der Waals surface area contributed by atoms with Gasteiger partial charge in [0, 0.05) is 28.9 Å². The third-order valence-electron chi connectivity index (χ3n) is 7.52. The first-order chi connectivity index (χ1) is 16.9. The lowest BCUT2D eigenvalue weighted by atomic mass is 9.60. The predicted octanol–water partition coefficient (Wildman–Crippen LogP) is 4.31. The van der Waals surface area contributed by atoms with Crippen LogP contribution in [0.2, 0.25) is 0 Å². The number of nitrogens with one attached hydrogen (secondary N) is 1. The summed E-state index contributed by atoms with van der Waals surface area (Å²) in [6.07, 6.45) is 0.754. The molecule has 7 heteroatoms. The molecule has 0 radical (unpaired) electrons. The number of carbonyl (C=O) groups excluding carboxylic acids is 3. The van der Waals surface area contributed by atoms with Crippen molar-refractivity contribution >= 4 is 29.0 Å². The van der Waals surface area contributed by atoms with Crippen LogP contribution in [0.3, 0.4) is 0 Å². The number of Topliss-reactive ketones (excluding diaryl/α,β-unsaturated/α-hetero) is 1. The van der Waals surface area contributed by atoms with Crippen molar-refractivity contribution in [2.24, 2.45) is 11.1 Å². The summed E-state index contributed by atoms with van der Waals surface area (Å²) in [6.45, 7) is 9.94. The Bertz CT molecular complexity index is 1430. The monoisotopic (exact) mass is 485 g/mol. The Morgan fingerprint density at radius 2 is 1.69 bits per heavy atom. The summed E-state index contributed by atoms with van der Waals surface area (Å²) in [7, 11) is 1.26. The van der Waals surface area contributed by atoms with Crippen LogP contribution in [0, 0.1) is 26.2 Å². The molecule has 0 saturated heterocycles. The zero-order valence-electron chi connectivity index (χ0n) is 21.5. The number of ether oxygens (including phenoxy) is 1. The first-order valence-electron chi connectivity index (χ1n) is 12.1. The highest BCUT2D eigenvalue weighted by atomic mass is 16.5. The molecule has 2 aromatic carbocycles. The molecule has 1 aliphatic carbocycles. The van der Waals surface area contributed by atoms with Gasteiger partial charge in [0.1, 0.15) is 16.8 Å². The second kappa shape index (κ2) is 7.82. The minimum Gasteiger partial charge on any atom is -0.466 e. The molecule has 0 bridgehead atoms. The second-order valence-electron chi connectivity index (χ2n) is 10.9. The topological polar surface area (TPSA) is 102 Å². The average Bonchev–Trinajstić information content (AvgIpc) is 3.05. The van der Waals surface area contributed by atoms with Crippen LogP contribution in [-0.2, 0) is 24.5 Å². The molecule has 186 valence electrons. The molecule has 1 spiro atoms. The lowest BCUT2D eigenvalue weighted by Crippen LogP contribution is -2.54. The van der Waals surface area contributed by atoms with Crippen LogP contribution in [0.15, 0.2) is 59.1 Å². The highest BCUT2D eigenvalue weighted by Gasteiger charge is 2.63. The molecule has 2 aliphatic heterocycles. The second-order valence-corrected chi connectivity index (χ2v) is 10.9. The number of carbonyl (C=O) groups is 3. The van der Waals surface area contributed by atoms with Crippen molar-refractivity contribution in [1.29, 1.82) is 0 Å². The van der Waals surface area contributed by atoms with E-state index in [-0.39, 0.29) is 29.0 Å². The smallest absolute Gasteiger partial charge is 0.339 e. The van der Waals surface area contributed by atoms with E-state index in [9.17, 15) is 14.4 Å². The SMILES string of the molecule is COC(=O)C1=C(N)N(c2ccc(C)cc2C)C2=C(C(=O)CC(C)(C)C2)C12C(=O)Nc1ccc(C)cc12. The summed E-state index contributed by atoms with van der Waals surface area (Å²) in [5, 5.41) is 2.92.